The summed E-state index contributed by atoms with van der Waals surface area (Å²) in [6.45, 7) is 0. The summed E-state index contributed by atoms with van der Waals surface area (Å²) in [7, 11) is 0. The molecular formula is C53H37NO. The molecule has 2 heteroatoms. The molecule has 1 spiro atoms. The minimum atomic E-state index is -0.459. The summed E-state index contributed by atoms with van der Waals surface area (Å²) in [5.41, 5.74) is 20.8. The van der Waals surface area contributed by atoms with Crippen LogP contribution < -0.4 is 4.90 Å². The fraction of sp³-hybridized carbons (Fsp3) is 0.0943. The molecule has 0 aliphatic heterocycles. The van der Waals surface area contributed by atoms with Gasteiger partial charge in [-0.25, -0.2) is 0 Å². The van der Waals surface area contributed by atoms with E-state index in [-0.39, 0.29) is 0 Å². The molecular weight excluding hydrogens is 667 g/mol. The normalized spacial score (nSPS) is 14.4. The zero-order valence-corrected chi connectivity index (χ0v) is 30.4. The van der Waals surface area contributed by atoms with Crippen LogP contribution in [-0.4, -0.2) is 0 Å². The van der Waals surface area contributed by atoms with Crippen molar-refractivity contribution in [3.63, 3.8) is 0 Å². The van der Waals surface area contributed by atoms with Crippen LogP contribution in [0.2, 0.25) is 0 Å². The molecule has 0 amide bonds. The van der Waals surface area contributed by atoms with Gasteiger partial charge in [-0.2, -0.15) is 0 Å². The van der Waals surface area contributed by atoms with Gasteiger partial charge in [-0.15, -0.1) is 0 Å². The maximum absolute atomic E-state index is 6.54. The third-order valence-corrected chi connectivity index (χ3v) is 12.6. The quantitative estimate of drug-likeness (QED) is 0.181. The summed E-state index contributed by atoms with van der Waals surface area (Å²) in [6, 6.07) is 65.5. The number of hydrogen-bond acceptors (Lipinski definition) is 2. The predicted molar refractivity (Wildman–Crippen MR) is 227 cm³/mol. The van der Waals surface area contributed by atoms with Crippen molar-refractivity contribution in [1.29, 1.82) is 0 Å². The van der Waals surface area contributed by atoms with Gasteiger partial charge in [0.2, 0.25) is 0 Å². The van der Waals surface area contributed by atoms with Crippen molar-refractivity contribution >= 4 is 39.0 Å². The lowest BCUT2D eigenvalue weighted by Crippen LogP contribution is -2.26. The van der Waals surface area contributed by atoms with Crippen molar-refractivity contribution in [2.75, 3.05) is 4.90 Å². The molecule has 55 heavy (non-hydrogen) atoms. The molecule has 8 aromatic carbocycles. The van der Waals surface area contributed by atoms with E-state index in [1.54, 1.807) is 0 Å². The second kappa shape index (κ2) is 11.7. The Kier molecular flexibility index (Phi) is 6.54. The Labute approximate surface area is 320 Å². The minimum absolute atomic E-state index is 0.459. The molecule has 1 aromatic heterocycles. The summed E-state index contributed by atoms with van der Waals surface area (Å²) in [5, 5.41) is 2.24. The monoisotopic (exact) mass is 703 g/mol. The van der Waals surface area contributed by atoms with E-state index in [4.69, 9.17) is 4.42 Å². The van der Waals surface area contributed by atoms with Crippen molar-refractivity contribution in [1.82, 2.24) is 0 Å². The van der Waals surface area contributed by atoms with E-state index in [1.807, 2.05) is 0 Å². The van der Waals surface area contributed by atoms with Crippen LogP contribution in [0.1, 0.15) is 46.2 Å². The Hall–Kier alpha value is -6.64. The Morgan fingerprint density at radius 2 is 1.04 bits per heavy atom. The molecule has 0 saturated carbocycles. The van der Waals surface area contributed by atoms with E-state index in [0.29, 0.717) is 0 Å². The second-order valence-corrected chi connectivity index (χ2v) is 15.4. The second-order valence-electron chi connectivity index (χ2n) is 15.4. The number of benzene rings is 8. The van der Waals surface area contributed by atoms with Gasteiger partial charge >= 0.3 is 0 Å². The average Bonchev–Trinajstić information content (AvgIpc) is 3.88. The lowest BCUT2D eigenvalue weighted by molar-refractivity contribution is 0.669. The molecule has 260 valence electrons. The standard InChI is InChI=1S/C53H37NO/c1-2-17-37(18-3-1)54(48-26-14-28-51-52(48)41-22-9-13-27-50(41)55-51)49-33-47-43(32-42(49)36-30-29-34-15-4-5-16-35(34)31-36)40-21-8-12-25-46(40)53(47)44-23-10-6-19-38(44)39-20-7-11-24-45(39)53/h1-3,6-14,17-33H,4-5,15-16H2. The largest absolute Gasteiger partial charge is 0.456 e. The molecule has 1 heterocycles. The van der Waals surface area contributed by atoms with E-state index in [9.17, 15) is 0 Å². The van der Waals surface area contributed by atoms with E-state index >= 15 is 0 Å². The highest BCUT2D eigenvalue weighted by Gasteiger charge is 2.52. The first kappa shape index (κ1) is 30.8. The fourth-order valence-electron chi connectivity index (χ4n) is 10.4. The maximum atomic E-state index is 6.54. The molecule has 12 rings (SSSR count). The number of nitrogens with zero attached hydrogens (tertiary/aromatic N) is 1. The molecule has 0 bridgehead atoms. The molecule has 3 aliphatic carbocycles. The van der Waals surface area contributed by atoms with Crippen molar-refractivity contribution in [3.05, 3.63) is 209 Å². The van der Waals surface area contributed by atoms with Gasteiger partial charge in [-0.05, 0) is 129 Å². The number of rotatable bonds is 4. The Morgan fingerprint density at radius 1 is 0.418 bits per heavy atom. The highest BCUT2D eigenvalue weighted by molar-refractivity contribution is 6.14. The zero-order chi connectivity index (χ0) is 36.1. The molecule has 0 N–H and O–H groups in total. The maximum Gasteiger partial charge on any atom is 0.137 e. The summed E-state index contributed by atoms with van der Waals surface area (Å²) in [6.07, 6.45) is 4.80. The van der Waals surface area contributed by atoms with E-state index < -0.39 is 5.41 Å². The summed E-state index contributed by atoms with van der Waals surface area (Å²) in [4.78, 5) is 2.50. The Bertz CT molecular complexity index is 2960. The number of fused-ring (bicyclic) bond motifs is 14. The van der Waals surface area contributed by atoms with Gasteiger partial charge in [0, 0.05) is 16.6 Å². The van der Waals surface area contributed by atoms with Crippen LogP contribution in [0.5, 0.6) is 0 Å². The highest BCUT2D eigenvalue weighted by atomic mass is 16.3. The van der Waals surface area contributed by atoms with Gasteiger partial charge in [-0.3, -0.25) is 0 Å². The summed E-state index contributed by atoms with van der Waals surface area (Å²) >= 11 is 0. The first-order valence-corrected chi connectivity index (χ1v) is 19.6. The lowest BCUT2D eigenvalue weighted by Gasteiger charge is -2.33. The average molecular weight is 704 g/mol. The number of furan rings is 1. The van der Waals surface area contributed by atoms with Crippen LogP contribution in [-0.2, 0) is 18.3 Å². The van der Waals surface area contributed by atoms with Gasteiger partial charge < -0.3 is 9.32 Å². The smallest absolute Gasteiger partial charge is 0.137 e. The van der Waals surface area contributed by atoms with Gasteiger partial charge in [0.1, 0.15) is 11.2 Å². The van der Waals surface area contributed by atoms with Crippen LogP contribution in [0.3, 0.4) is 0 Å². The first-order chi connectivity index (χ1) is 27.3. The molecule has 9 aromatic rings. The van der Waals surface area contributed by atoms with Crippen LogP contribution in [0, 0.1) is 0 Å². The van der Waals surface area contributed by atoms with E-state index in [0.717, 1.165) is 51.8 Å². The van der Waals surface area contributed by atoms with E-state index in [1.165, 1.54) is 79.6 Å². The third-order valence-electron chi connectivity index (χ3n) is 12.6. The van der Waals surface area contributed by atoms with Crippen molar-refractivity contribution in [2.24, 2.45) is 0 Å². The van der Waals surface area contributed by atoms with Crippen molar-refractivity contribution in [2.45, 2.75) is 31.1 Å². The van der Waals surface area contributed by atoms with Crippen LogP contribution in [0.4, 0.5) is 17.1 Å². The Balaban J connectivity index is 1.24. The van der Waals surface area contributed by atoms with Gasteiger partial charge in [0.05, 0.1) is 22.2 Å². The molecule has 0 radical (unpaired) electrons. The Morgan fingerprint density at radius 3 is 1.78 bits per heavy atom. The fourth-order valence-corrected chi connectivity index (χ4v) is 10.4. The zero-order valence-electron chi connectivity index (χ0n) is 30.4. The molecule has 0 atom stereocenters. The minimum Gasteiger partial charge on any atom is -0.456 e. The van der Waals surface area contributed by atoms with Crippen LogP contribution in [0.25, 0.3) is 55.3 Å². The molecule has 0 saturated heterocycles. The molecule has 0 unspecified atom stereocenters. The van der Waals surface area contributed by atoms with Crippen LogP contribution in [0.15, 0.2) is 180 Å². The molecule has 0 fully saturated rings. The van der Waals surface area contributed by atoms with Crippen molar-refractivity contribution in [3.8, 4) is 33.4 Å². The SMILES string of the molecule is c1ccc(N(c2cc3c(cc2-c2ccc4c(c2)CCCC4)-c2ccccc2C32c3ccccc3-c3ccccc32)c2cccc3oc4ccccc4c23)cc1. The van der Waals surface area contributed by atoms with Crippen LogP contribution >= 0.6 is 0 Å². The predicted octanol–water partition coefficient (Wildman–Crippen LogP) is 13.9. The third kappa shape index (κ3) is 4.25. The number of para-hydroxylation sites is 2. The molecule has 3 aliphatic rings. The lowest BCUT2D eigenvalue weighted by atomic mass is 9.70. The topological polar surface area (TPSA) is 16.4 Å². The summed E-state index contributed by atoms with van der Waals surface area (Å²) < 4.78 is 6.54. The molecule has 2 nitrogen and oxygen atoms in total. The van der Waals surface area contributed by atoms with Gasteiger partial charge in [-0.1, -0.05) is 133 Å². The van der Waals surface area contributed by atoms with Gasteiger partial charge in [0.15, 0.2) is 0 Å². The summed E-state index contributed by atoms with van der Waals surface area (Å²) in [5.74, 6) is 0. The highest BCUT2D eigenvalue weighted by Crippen LogP contribution is 2.64. The van der Waals surface area contributed by atoms with E-state index in [2.05, 4.69) is 181 Å². The van der Waals surface area contributed by atoms with Gasteiger partial charge in [0.25, 0.3) is 0 Å². The first-order valence-electron chi connectivity index (χ1n) is 19.6. The number of aryl methyl sites for hydroxylation is 2. The number of hydrogen-bond donors (Lipinski definition) is 0. The van der Waals surface area contributed by atoms with Crippen molar-refractivity contribution < 1.29 is 4.42 Å². The number of anilines is 3.